The summed E-state index contributed by atoms with van der Waals surface area (Å²) in [7, 11) is 0. The summed E-state index contributed by atoms with van der Waals surface area (Å²) < 4.78 is 0. The number of nitrogens with zero attached hydrogens (tertiary/aromatic N) is 2. The Morgan fingerprint density at radius 1 is 1.18 bits per heavy atom. The normalized spacial score (nSPS) is 11.1. The molecule has 1 amide bonds. The van der Waals surface area contributed by atoms with Gasteiger partial charge in [0.15, 0.2) is 0 Å². The molecule has 0 aliphatic carbocycles. The van der Waals surface area contributed by atoms with Crippen LogP contribution in [0.25, 0.3) is 33.5 Å². The van der Waals surface area contributed by atoms with Crippen LogP contribution in [0, 0.1) is 0 Å². The number of para-hydroxylation sites is 1. The lowest BCUT2D eigenvalue weighted by Crippen LogP contribution is -2.30. The molecule has 0 aliphatic rings. The average molecular weight is 292 g/mol. The molecule has 7 heteroatoms. The Hall–Kier alpha value is -3.19. The van der Waals surface area contributed by atoms with Crippen molar-refractivity contribution in [2.45, 2.75) is 0 Å². The van der Waals surface area contributed by atoms with Crippen molar-refractivity contribution in [3.63, 3.8) is 0 Å². The molecule has 2 aromatic heterocycles. The number of amides is 1. The van der Waals surface area contributed by atoms with Crippen LogP contribution in [0.15, 0.2) is 42.7 Å². The van der Waals surface area contributed by atoms with Crippen molar-refractivity contribution >= 4 is 28.0 Å². The minimum Gasteiger partial charge on any atom is -0.345 e. The number of hydrazine groups is 1. The molecular weight excluding hydrogens is 280 g/mol. The number of nitrogen functional groups attached to an aromatic ring is 1. The zero-order chi connectivity index (χ0) is 15.1. The van der Waals surface area contributed by atoms with Gasteiger partial charge in [0, 0.05) is 5.56 Å². The lowest BCUT2D eigenvalue weighted by molar-refractivity contribution is 0.0955. The molecule has 108 valence electrons. The molecular formula is C15H12N6O. The predicted molar refractivity (Wildman–Crippen MR) is 82.8 cm³/mol. The highest BCUT2D eigenvalue weighted by molar-refractivity contribution is 6.05. The summed E-state index contributed by atoms with van der Waals surface area (Å²) in [6.45, 7) is 0. The van der Waals surface area contributed by atoms with E-state index in [9.17, 15) is 4.79 Å². The van der Waals surface area contributed by atoms with Crippen LogP contribution in [-0.2, 0) is 0 Å². The summed E-state index contributed by atoms with van der Waals surface area (Å²) in [5.74, 6) is 5.52. The lowest BCUT2D eigenvalue weighted by atomic mass is 10.2. The summed E-state index contributed by atoms with van der Waals surface area (Å²) in [6.07, 6.45) is 1.65. The van der Waals surface area contributed by atoms with Crippen molar-refractivity contribution in [3.05, 3.63) is 48.3 Å². The molecule has 0 fully saturated rings. The highest BCUT2D eigenvalue weighted by atomic mass is 16.2. The first kappa shape index (κ1) is 12.5. The van der Waals surface area contributed by atoms with E-state index in [-0.39, 0.29) is 5.91 Å². The summed E-state index contributed by atoms with van der Waals surface area (Å²) >= 11 is 0. The van der Waals surface area contributed by atoms with Gasteiger partial charge in [-0.15, -0.1) is 0 Å². The fraction of sp³-hybridized carbons (Fsp3) is 0. The van der Waals surface area contributed by atoms with Crippen LogP contribution in [0.4, 0.5) is 0 Å². The van der Waals surface area contributed by atoms with Gasteiger partial charge < -0.3 is 9.97 Å². The van der Waals surface area contributed by atoms with Gasteiger partial charge in [0.25, 0.3) is 5.91 Å². The second-order valence-corrected chi connectivity index (χ2v) is 4.90. The molecule has 0 saturated heterocycles. The standard InChI is InChI=1S/C15H12N6O/c16-21-15(22)9-2-1-3-11-13(9)20-14(19-11)8-4-5-10-12(6-8)18-7-17-10/h1-7H,16H2,(H,17,18)(H,19,20)(H,21,22). The molecule has 0 atom stereocenters. The van der Waals surface area contributed by atoms with Gasteiger partial charge in [0.1, 0.15) is 11.3 Å². The maximum Gasteiger partial charge on any atom is 0.267 e. The monoisotopic (exact) mass is 292 g/mol. The topological polar surface area (TPSA) is 112 Å². The van der Waals surface area contributed by atoms with Crippen molar-refractivity contribution in [2.24, 2.45) is 5.84 Å². The van der Waals surface area contributed by atoms with E-state index in [0.717, 1.165) is 22.1 Å². The maximum atomic E-state index is 11.8. The van der Waals surface area contributed by atoms with E-state index in [2.05, 4.69) is 25.4 Å². The number of fused-ring (bicyclic) bond motifs is 2. The van der Waals surface area contributed by atoms with Crippen LogP contribution in [0.5, 0.6) is 0 Å². The minimum atomic E-state index is -0.369. The predicted octanol–water partition coefficient (Wildman–Crippen LogP) is 1.71. The maximum absolute atomic E-state index is 11.8. The zero-order valence-corrected chi connectivity index (χ0v) is 11.4. The molecule has 4 rings (SSSR count). The number of carbonyl (C=O) groups is 1. The van der Waals surface area contributed by atoms with Crippen molar-refractivity contribution in [3.8, 4) is 11.4 Å². The van der Waals surface area contributed by atoms with Crippen molar-refractivity contribution < 1.29 is 4.79 Å². The second-order valence-electron chi connectivity index (χ2n) is 4.90. The van der Waals surface area contributed by atoms with E-state index in [0.29, 0.717) is 16.9 Å². The lowest BCUT2D eigenvalue weighted by Gasteiger charge is -1.99. The van der Waals surface area contributed by atoms with Gasteiger partial charge in [-0.2, -0.15) is 0 Å². The van der Waals surface area contributed by atoms with Gasteiger partial charge in [-0.1, -0.05) is 6.07 Å². The smallest absolute Gasteiger partial charge is 0.267 e. The Bertz CT molecular complexity index is 1000. The molecule has 0 bridgehead atoms. The van der Waals surface area contributed by atoms with E-state index in [1.807, 2.05) is 24.3 Å². The van der Waals surface area contributed by atoms with Gasteiger partial charge in [-0.3, -0.25) is 10.2 Å². The molecule has 4 aromatic rings. The first-order valence-corrected chi connectivity index (χ1v) is 6.69. The van der Waals surface area contributed by atoms with Gasteiger partial charge >= 0.3 is 0 Å². The number of rotatable bonds is 2. The SMILES string of the molecule is NNC(=O)c1cccc2[nH]c(-c3ccc4[nH]cnc4c3)nc12. The fourth-order valence-electron chi connectivity index (χ4n) is 2.51. The number of hydrogen-bond acceptors (Lipinski definition) is 4. The number of imidazole rings is 2. The first-order chi connectivity index (χ1) is 10.8. The zero-order valence-electron chi connectivity index (χ0n) is 11.4. The van der Waals surface area contributed by atoms with Gasteiger partial charge in [0.2, 0.25) is 0 Å². The minimum absolute atomic E-state index is 0.369. The number of nitrogens with one attached hydrogen (secondary N) is 3. The summed E-state index contributed by atoms with van der Waals surface area (Å²) in [5, 5.41) is 0. The number of aromatic amines is 2. The van der Waals surface area contributed by atoms with Crippen molar-refractivity contribution in [1.82, 2.24) is 25.4 Å². The first-order valence-electron chi connectivity index (χ1n) is 6.69. The molecule has 0 radical (unpaired) electrons. The summed E-state index contributed by atoms with van der Waals surface area (Å²) in [6, 6.07) is 11.2. The van der Waals surface area contributed by atoms with E-state index in [1.165, 1.54) is 0 Å². The largest absolute Gasteiger partial charge is 0.345 e. The molecule has 7 nitrogen and oxygen atoms in total. The van der Waals surface area contributed by atoms with Crippen LogP contribution < -0.4 is 11.3 Å². The number of aromatic nitrogens is 4. The number of benzene rings is 2. The van der Waals surface area contributed by atoms with E-state index in [1.54, 1.807) is 18.5 Å². The second kappa shape index (κ2) is 4.68. The summed E-state index contributed by atoms with van der Waals surface area (Å²) in [5.41, 5.74) is 6.65. The molecule has 5 N–H and O–H groups in total. The Labute approximate surface area is 124 Å². The summed E-state index contributed by atoms with van der Waals surface area (Å²) in [4.78, 5) is 26.8. The Balaban J connectivity index is 1.90. The number of hydrogen-bond donors (Lipinski definition) is 4. The highest BCUT2D eigenvalue weighted by Gasteiger charge is 2.13. The molecule has 0 unspecified atom stereocenters. The quantitative estimate of drug-likeness (QED) is 0.256. The Kier molecular flexibility index (Phi) is 2.67. The Morgan fingerprint density at radius 3 is 2.95 bits per heavy atom. The molecule has 2 aromatic carbocycles. The number of nitrogens with two attached hydrogens (primary N) is 1. The Morgan fingerprint density at radius 2 is 2.09 bits per heavy atom. The van der Waals surface area contributed by atoms with Gasteiger partial charge in [-0.25, -0.2) is 15.8 Å². The fourth-order valence-corrected chi connectivity index (χ4v) is 2.51. The van der Waals surface area contributed by atoms with Crippen LogP contribution in [0.1, 0.15) is 10.4 Å². The number of H-pyrrole nitrogens is 2. The van der Waals surface area contributed by atoms with Crippen LogP contribution >= 0.6 is 0 Å². The van der Waals surface area contributed by atoms with Crippen molar-refractivity contribution in [1.29, 1.82) is 0 Å². The molecule has 0 aliphatic heterocycles. The van der Waals surface area contributed by atoms with Crippen LogP contribution in [0.2, 0.25) is 0 Å². The highest BCUT2D eigenvalue weighted by Crippen LogP contribution is 2.24. The van der Waals surface area contributed by atoms with E-state index in [4.69, 9.17) is 5.84 Å². The van der Waals surface area contributed by atoms with Crippen LogP contribution in [0.3, 0.4) is 0 Å². The van der Waals surface area contributed by atoms with E-state index >= 15 is 0 Å². The van der Waals surface area contributed by atoms with Crippen molar-refractivity contribution in [2.75, 3.05) is 0 Å². The molecule has 0 saturated carbocycles. The third-order valence-corrected chi connectivity index (χ3v) is 3.58. The molecule has 0 spiro atoms. The molecule has 22 heavy (non-hydrogen) atoms. The van der Waals surface area contributed by atoms with Gasteiger partial charge in [0.05, 0.1) is 28.4 Å². The van der Waals surface area contributed by atoms with E-state index < -0.39 is 0 Å². The average Bonchev–Trinajstić information content (AvgIpc) is 3.18. The third-order valence-electron chi connectivity index (χ3n) is 3.58. The number of carbonyl (C=O) groups excluding carboxylic acids is 1. The van der Waals surface area contributed by atoms with Gasteiger partial charge in [-0.05, 0) is 30.3 Å². The molecule has 2 heterocycles. The third kappa shape index (κ3) is 1.84. The van der Waals surface area contributed by atoms with Crippen LogP contribution in [-0.4, -0.2) is 25.8 Å².